The lowest BCUT2D eigenvalue weighted by molar-refractivity contribution is -0.123. The smallest absolute Gasteiger partial charge is 0.220 e. The van der Waals surface area contributed by atoms with Crippen molar-refractivity contribution in [3.8, 4) is 0 Å². The predicted molar refractivity (Wildman–Crippen MR) is 207 cm³/mol. The van der Waals surface area contributed by atoms with Crippen molar-refractivity contribution in [2.24, 2.45) is 0 Å². The lowest BCUT2D eigenvalue weighted by atomic mass is 10.0. The quantitative estimate of drug-likeness (QED) is 0.0459. The van der Waals surface area contributed by atoms with Crippen molar-refractivity contribution in [3.63, 3.8) is 0 Å². The number of carbonyl (C=O) groups is 1. The van der Waals surface area contributed by atoms with Crippen molar-refractivity contribution in [3.05, 3.63) is 36.5 Å². The van der Waals surface area contributed by atoms with Crippen molar-refractivity contribution in [1.82, 2.24) is 5.32 Å². The molecule has 0 rings (SSSR count). The van der Waals surface area contributed by atoms with Crippen molar-refractivity contribution >= 4 is 5.91 Å². The summed E-state index contributed by atoms with van der Waals surface area (Å²) in [6, 6.07) is -0.641. The second-order valence-corrected chi connectivity index (χ2v) is 14.0. The highest BCUT2D eigenvalue weighted by Gasteiger charge is 2.17. The van der Waals surface area contributed by atoms with E-state index in [1.165, 1.54) is 148 Å². The van der Waals surface area contributed by atoms with Gasteiger partial charge in [0, 0.05) is 6.42 Å². The van der Waals surface area contributed by atoms with Gasteiger partial charge in [-0.15, -0.1) is 0 Å². The highest BCUT2D eigenvalue weighted by molar-refractivity contribution is 5.76. The van der Waals surface area contributed by atoms with E-state index < -0.39 is 12.1 Å². The molecule has 0 aromatic carbocycles. The fourth-order valence-corrected chi connectivity index (χ4v) is 6.13. The fraction of sp³-hybridized carbons (Fsp3) is 0.837. The van der Waals surface area contributed by atoms with Gasteiger partial charge in [-0.1, -0.05) is 185 Å². The highest BCUT2D eigenvalue weighted by Crippen LogP contribution is 2.14. The Morgan fingerprint density at radius 2 is 0.830 bits per heavy atom. The molecule has 0 heterocycles. The van der Waals surface area contributed by atoms with Crippen LogP contribution in [0, 0.1) is 0 Å². The van der Waals surface area contributed by atoms with E-state index in [0.29, 0.717) is 6.42 Å². The van der Waals surface area contributed by atoms with Gasteiger partial charge in [0.15, 0.2) is 0 Å². The number of nitrogens with one attached hydrogen (secondary N) is 1. The van der Waals surface area contributed by atoms with Gasteiger partial charge in [-0.3, -0.25) is 4.79 Å². The van der Waals surface area contributed by atoms with Crippen LogP contribution < -0.4 is 5.32 Å². The number of hydrogen-bond acceptors (Lipinski definition) is 3. The molecular weight excluding hydrogens is 578 g/mol. The first-order valence-electron chi connectivity index (χ1n) is 20.7. The maximum Gasteiger partial charge on any atom is 0.220 e. The maximum absolute atomic E-state index is 12.3. The van der Waals surface area contributed by atoms with Crippen LogP contribution in [0.15, 0.2) is 36.5 Å². The van der Waals surface area contributed by atoms with E-state index in [1.54, 1.807) is 6.08 Å². The Balaban J connectivity index is 3.63. The van der Waals surface area contributed by atoms with E-state index in [4.69, 9.17) is 0 Å². The summed E-state index contributed by atoms with van der Waals surface area (Å²) in [6.07, 6.45) is 51.0. The lowest BCUT2D eigenvalue weighted by Gasteiger charge is -2.19. The average molecular weight is 660 g/mol. The molecule has 3 N–H and O–H groups in total. The molecule has 0 aliphatic carbocycles. The Morgan fingerprint density at radius 3 is 1.23 bits per heavy atom. The van der Waals surface area contributed by atoms with Gasteiger partial charge in [0.1, 0.15) is 0 Å². The molecule has 0 spiro atoms. The Morgan fingerprint density at radius 1 is 0.489 bits per heavy atom. The van der Waals surface area contributed by atoms with Crippen LogP contribution in [0.5, 0.6) is 0 Å². The number of amides is 1. The van der Waals surface area contributed by atoms with Crippen LogP contribution in [0.2, 0.25) is 0 Å². The maximum atomic E-state index is 12.3. The summed E-state index contributed by atoms with van der Waals surface area (Å²) in [5, 5.41) is 22.9. The third kappa shape index (κ3) is 35.7. The van der Waals surface area contributed by atoms with E-state index in [2.05, 4.69) is 43.5 Å². The van der Waals surface area contributed by atoms with Crippen molar-refractivity contribution in [2.45, 2.75) is 225 Å². The summed E-state index contributed by atoms with van der Waals surface area (Å²) in [7, 11) is 0. The van der Waals surface area contributed by atoms with Crippen molar-refractivity contribution in [2.75, 3.05) is 6.61 Å². The number of unbranched alkanes of at least 4 members (excludes halogenated alkanes) is 26. The third-order valence-corrected chi connectivity index (χ3v) is 9.35. The SMILES string of the molecule is CCCCCCC/C=C\CCCCCCCC(=O)NC(CO)C(O)/C=C/CC/C=C/CCCCCCCCCCCCCCCCC. The van der Waals surface area contributed by atoms with Gasteiger partial charge in [0.05, 0.1) is 18.8 Å². The molecule has 2 atom stereocenters. The molecule has 47 heavy (non-hydrogen) atoms. The van der Waals surface area contributed by atoms with E-state index in [-0.39, 0.29) is 12.5 Å². The molecule has 276 valence electrons. The Kier molecular flexibility index (Phi) is 37.9. The molecule has 2 unspecified atom stereocenters. The average Bonchev–Trinajstić information content (AvgIpc) is 3.07. The number of allylic oxidation sites excluding steroid dienone is 5. The third-order valence-electron chi connectivity index (χ3n) is 9.35. The van der Waals surface area contributed by atoms with E-state index in [1.807, 2.05) is 6.08 Å². The van der Waals surface area contributed by atoms with Gasteiger partial charge in [0.2, 0.25) is 5.91 Å². The number of aliphatic hydroxyl groups excluding tert-OH is 2. The van der Waals surface area contributed by atoms with E-state index >= 15 is 0 Å². The largest absolute Gasteiger partial charge is 0.394 e. The number of hydrogen-bond donors (Lipinski definition) is 3. The number of rotatable bonds is 37. The molecule has 0 fully saturated rings. The molecule has 0 aromatic rings. The number of carbonyl (C=O) groups excluding carboxylic acids is 1. The molecule has 4 heteroatoms. The molecule has 0 aliphatic heterocycles. The van der Waals surface area contributed by atoms with Gasteiger partial charge < -0.3 is 15.5 Å². The first kappa shape index (κ1) is 45.6. The van der Waals surface area contributed by atoms with E-state index in [9.17, 15) is 15.0 Å². The molecule has 1 amide bonds. The first-order valence-corrected chi connectivity index (χ1v) is 20.7. The van der Waals surface area contributed by atoms with Gasteiger partial charge >= 0.3 is 0 Å². The highest BCUT2D eigenvalue weighted by atomic mass is 16.3. The topological polar surface area (TPSA) is 69.6 Å². The van der Waals surface area contributed by atoms with Crippen LogP contribution in [0.4, 0.5) is 0 Å². The van der Waals surface area contributed by atoms with Crippen LogP contribution >= 0.6 is 0 Å². The molecule has 0 bridgehead atoms. The molecule has 0 saturated heterocycles. The number of aliphatic hydroxyl groups is 2. The molecule has 0 saturated carbocycles. The normalized spacial score (nSPS) is 13.4. The predicted octanol–water partition coefficient (Wildman–Crippen LogP) is 12.6. The van der Waals surface area contributed by atoms with Crippen LogP contribution in [-0.2, 0) is 4.79 Å². The molecule has 0 aromatic heterocycles. The minimum Gasteiger partial charge on any atom is -0.394 e. The van der Waals surface area contributed by atoms with E-state index in [0.717, 1.165) is 44.9 Å². The van der Waals surface area contributed by atoms with Crippen LogP contribution in [0.3, 0.4) is 0 Å². The zero-order valence-electron chi connectivity index (χ0n) is 31.5. The Bertz CT molecular complexity index is 716. The zero-order valence-corrected chi connectivity index (χ0v) is 31.5. The molecule has 4 nitrogen and oxygen atoms in total. The zero-order chi connectivity index (χ0) is 34.3. The van der Waals surface area contributed by atoms with Gasteiger partial charge in [-0.25, -0.2) is 0 Å². The minimum atomic E-state index is -0.863. The Hall–Kier alpha value is -1.39. The summed E-state index contributed by atoms with van der Waals surface area (Å²) < 4.78 is 0. The fourth-order valence-electron chi connectivity index (χ4n) is 6.13. The Labute approximate surface area is 293 Å². The summed E-state index contributed by atoms with van der Waals surface area (Å²) in [5.41, 5.74) is 0. The standard InChI is InChI=1S/C43H81NO3/c1-3-5-7-9-11-13-15-17-19-20-21-22-23-24-25-26-28-30-32-34-36-38-42(46)41(40-45)44-43(47)39-37-35-33-31-29-27-18-16-14-12-10-8-6-4-2/h16,18,28,30,36,38,41-42,45-46H,3-15,17,19-27,29,31-35,37,39-40H2,1-2H3,(H,44,47)/b18-16-,30-28+,38-36+. The molecule has 0 aliphatic rings. The molecular formula is C43H81NO3. The van der Waals surface area contributed by atoms with Gasteiger partial charge in [-0.05, 0) is 57.8 Å². The van der Waals surface area contributed by atoms with Crippen molar-refractivity contribution in [1.29, 1.82) is 0 Å². The lowest BCUT2D eigenvalue weighted by Crippen LogP contribution is -2.45. The minimum absolute atomic E-state index is 0.0832. The second-order valence-electron chi connectivity index (χ2n) is 14.0. The van der Waals surface area contributed by atoms with Crippen LogP contribution in [-0.4, -0.2) is 34.9 Å². The monoisotopic (exact) mass is 660 g/mol. The summed E-state index contributed by atoms with van der Waals surface area (Å²) >= 11 is 0. The van der Waals surface area contributed by atoms with Crippen LogP contribution in [0.25, 0.3) is 0 Å². The summed E-state index contributed by atoms with van der Waals surface area (Å²) in [4.78, 5) is 12.3. The van der Waals surface area contributed by atoms with Crippen molar-refractivity contribution < 1.29 is 15.0 Å². The van der Waals surface area contributed by atoms with Crippen LogP contribution in [0.1, 0.15) is 213 Å². The first-order chi connectivity index (χ1) is 23.2. The molecule has 0 radical (unpaired) electrons. The second kappa shape index (κ2) is 39.1. The summed E-state index contributed by atoms with van der Waals surface area (Å²) in [6.45, 7) is 4.28. The summed E-state index contributed by atoms with van der Waals surface area (Å²) in [5.74, 6) is -0.0832. The van der Waals surface area contributed by atoms with Gasteiger partial charge in [0.25, 0.3) is 0 Å². The van der Waals surface area contributed by atoms with Gasteiger partial charge in [-0.2, -0.15) is 0 Å².